The van der Waals surface area contributed by atoms with Crippen LogP contribution in [0.2, 0.25) is 0 Å². The van der Waals surface area contributed by atoms with E-state index in [1.54, 1.807) is 17.8 Å². The molecular weight excluding hydrogens is 194 g/mol. The summed E-state index contributed by atoms with van der Waals surface area (Å²) < 4.78 is 1.57. The van der Waals surface area contributed by atoms with Crippen molar-refractivity contribution in [2.24, 2.45) is 7.05 Å². The average Bonchev–Trinajstić information content (AvgIpc) is 2.66. The Balaban J connectivity index is 2.15. The third kappa shape index (κ3) is 2.04. The highest BCUT2D eigenvalue weighted by atomic mass is 16.1. The molecule has 2 rings (SSSR count). The molecule has 2 aromatic rings. The number of ketones is 1. The maximum absolute atomic E-state index is 11.7. The minimum absolute atomic E-state index is 0.0894. The highest BCUT2D eigenvalue weighted by Crippen LogP contribution is 2.00. The molecule has 6 heteroatoms. The molecule has 0 N–H and O–H groups in total. The van der Waals surface area contributed by atoms with Gasteiger partial charge in [-0.3, -0.25) is 9.48 Å². The number of nitrogens with zero attached hydrogens (tertiary/aromatic N) is 5. The Morgan fingerprint density at radius 2 is 2.27 bits per heavy atom. The molecule has 6 nitrogen and oxygen atoms in total. The molecule has 0 atom stereocenters. The summed E-state index contributed by atoms with van der Waals surface area (Å²) in [6.07, 6.45) is 4.51. The van der Waals surface area contributed by atoms with E-state index in [0.29, 0.717) is 11.5 Å². The zero-order valence-electron chi connectivity index (χ0n) is 8.16. The summed E-state index contributed by atoms with van der Waals surface area (Å²) in [5.41, 5.74) is 0.396. The zero-order valence-corrected chi connectivity index (χ0v) is 8.16. The molecule has 0 fully saturated rings. The van der Waals surface area contributed by atoms with Gasteiger partial charge in [0.15, 0.2) is 5.78 Å². The van der Waals surface area contributed by atoms with Crippen molar-refractivity contribution in [1.29, 1.82) is 0 Å². The summed E-state index contributed by atoms with van der Waals surface area (Å²) >= 11 is 0. The molecule has 0 saturated carbocycles. The van der Waals surface area contributed by atoms with Crippen LogP contribution in [0.4, 0.5) is 0 Å². The largest absolute Gasteiger partial charge is 0.292 e. The number of aromatic nitrogens is 5. The van der Waals surface area contributed by atoms with Crippen LogP contribution in [-0.2, 0) is 13.5 Å². The van der Waals surface area contributed by atoms with Gasteiger partial charge in [-0.25, -0.2) is 15.0 Å². The van der Waals surface area contributed by atoms with Crippen molar-refractivity contribution in [3.63, 3.8) is 0 Å². The molecule has 0 aliphatic carbocycles. The number of hydrogen-bond donors (Lipinski definition) is 0. The Kier molecular flexibility index (Phi) is 2.49. The maximum Gasteiger partial charge on any atom is 0.188 e. The summed E-state index contributed by atoms with van der Waals surface area (Å²) in [7, 11) is 1.75. The van der Waals surface area contributed by atoms with Gasteiger partial charge in [-0.05, 0) is 6.07 Å². The van der Waals surface area contributed by atoms with E-state index >= 15 is 0 Å². The molecule has 2 aromatic heterocycles. The minimum atomic E-state index is -0.0894. The molecule has 15 heavy (non-hydrogen) atoms. The number of aryl methyl sites for hydroxylation is 1. The number of Topliss-reactive ketones (excluding diaryl/α,β-unsaturated/α-hetero) is 1. The van der Waals surface area contributed by atoms with Gasteiger partial charge in [0.05, 0.1) is 6.42 Å². The molecule has 0 spiro atoms. The molecule has 0 aromatic carbocycles. The first-order chi connectivity index (χ1) is 7.27. The standard InChI is InChI=1S/C9H9N5O/c1-14-9(12-6-13-14)4-8(15)7-2-3-10-5-11-7/h2-3,5-6H,4H2,1H3. The van der Waals surface area contributed by atoms with E-state index in [0.717, 1.165) is 0 Å². The molecule has 0 radical (unpaired) electrons. The van der Waals surface area contributed by atoms with E-state index < -0.39 is 0 Å². The van der Waals surface area contributed by atoms with Crippen LogP contribution in [0.15, 0.2) is 24.9 Å². The quantitative estimate of drug-likeness (QED) is 0.658. The van der Waals surface area contributed by atoms with Gasteiger partial charge in [0.2, 0.25) is 0 Å². The van der Waals surface area contributed by atoms with Crippen LogP contribution in [0.1, 0.15) is 16.3 Å². The minimum Gasteiger partial charge on any atom is -0.292 e. The monoisotopic (exact) mass is 203 g/mol. The summed E-state index contributed by atoms with van der Waals surface area (Å²) in [4.78, 5) is 23.3. The number of rotatable bonds is 3. The zero-order chi connectivity index (χ0) is 10.7. The van der Waals surface area contributed by atoms with Crippen LogP contribution >= 0.6 is 0 Å². The maximum atomic E-state index is 11.7. The third-order valence-corrected chi connectivity index (χ3v) is 1.99. The van der Waals surface area contributed by atoms with E-state index in [1.807, 2.05) is 0 Å². The summed E-state index contributed by atoms with van der Waals surface area (Å²) in [5.74, 6) is 0.534. The van der Waals surface area contributed by atoms with Gasteiger partial charge >= 0.3 is 0 Å². The van der Waals surface area contributed by atoms with Crippen LogP contribution in [-0.4, -0.2) is 30.5 Å². The molecule has 76 valence electrons. The van der Waals surface area contributed by atoms with Crippen molar-refractivity contribution < 1.29 is 4.79 Å². The topological polar surface area (TPSA) is 73.6 Å². The first-order valence-electron chi connectivity index (χ1n) is 4.39. The van der Waals surface area contributed by atoms with Crippen LogP contribution < -0.4 is 0 Å². The van der Waals surface area contributed by atoms with Gasteiger partial charge in [0, 0.05) is 13.2 Å². The Hall–Kier alpha value is -2.11. The van der Waals surface area contributed by atoms with Gasteiger partial charge in [0.25, 0.3) is 0 Å². The molecule has 2 heterocycles. The van der Waals surface area contributed by atoms with Crippen molar-refractivity contribution >= 4 is 5.78 Å². The first-order valence-corrected chi connectivity index (χ1v) is 4.39. The van der Waals surface area contributed by atoms with E-state index in [2.05, 4.69) is 20.1 Å². The number of carbonyl (C=O) groups excluding carboxylic acids is 1. The lowest BCUT2D eigenvalue weighted by atomic mass is 10.2. The van der Waals surface area contributed by atoms with Crippen LogP contribution in [0.5, 0.6) is 0 Å². The molecule has 0 bridgehead atoms. The predicted molar refractivity (Wildman–Crippen MR) is 51.1 cm³/mol. The summed E-state index contributed by atoms with van der Waals surface area (Å²) in [6.45, 7) is 0. The molecular formula is C9H9N5O. The highest BCUT2D eigenvalue weighted by Gasteiger charge is 2.11. The van der Waals surface area contributed by atoms with Crippen molar-refractivity contribution in [3.8, 4) is 0 Å². The van der Waals surface area contributed by atoms with E-state index in [4.69, 9.17) is 0 Å². The fraction of sp³-hybridized carbons (Fsp3) is 0.222. The third-order valence-electron chi connectivity index (χ3n) is 1.99. The van der Waals surface area contributed by atoms with Crippen LogP contribution in [0, 0.1) is 0 Å². The summed E-state index contributed by atoms with van der Waals surface area (Å²) in [6, 6.07) is 1.58. The second-order valence-electron chi connectivity index (χ2n) is 2.99. The van der Waals surface area contributed by atoms with Gasteiger partial charge < -0.3 is 0 Å². The van der Waals surface area contributed by atoms with Crippen LogP contribution in [0.3, 0.4) is 0 Å². The smallest absolute Gasteiger partial charge is 0.188 e. The van der Waals surface area contributed by atoms with Crippen molar-refractivity contribution in [2.45, 2.75) is 6.42 Å². The SMILES string of the molecule is Cn1ncnc1CC(=O)c1ccncn1. The Labute approximate surface area is 86.0 Å². The highest BCUT2D eigenvalue weighted by molar-refractivity contribution is 5.95. The summed E-state index contributed by atoms with van der Waals surface area (Å²) in [5, 5.41) is 3.88. The van der Waals surface area contributed by atoms with E-state index in [1.165, 1.54) is 18.9 Å². The Morgan fingerprint density at radius 3 is 2.87 bits per heavy atom. The van der Waals surface area contributed by atoms with Crippen molar-refractivity contribution in [1.82, 2.24) is 24.7 Å². The molecule has 0 unspecified atom stereocenters. The van der Waals surface area contributed by atoms with Crippen molar-refractivity contribution in [2.75, 3.05) is 0 Å². The molecule has 0 amide bonds. The van der Waals surface area contributed by atoms with Gasteiger partial charge in [-0.15, -0.1) is 0 Å². The van der Waals surface area contributed by atoms with Crippen LogP contribution in [0.25, 0.3) is 0 Å². The molecule has 0 aliphatic rings. The van der Waals surface area contributed by atoms with Gasteiger partial charge in [-0.2, -0.15) is 5.10 Å². The lowest BCUT2D eigenvalue weighted by molar-refractivity contribution is 0.0984. The molecule has 0 saturated heterocycles. The van der Waals surface area contributed by atoms with Crippen molar-refractivity contribution in [3.05, 3.63) is 36.4 Å². The lowest BCUT2D eigenvalue weighted by Crippen LogP contribution is -2.10. The Bertz CT molecular complexity index is 464. The Morgan fingerprint density at radius 1 is 1.40 bits per heavy atom. The predicted octanol–water partition coefficient (Wildman–Crippen LogP) is 0.0305. The van der Waals surface area contributed by atoms with E-state index in [9.17, 15) is 4.79 Å². The van der Waals surface area contributed by atoms with E-state index in [-0.39, 0.29) is 12.2 Å². The fourth-order valence-electron chi connectivity index (χ4n) is 1.17. The second kappa shape index (κ2) is 3.95. The average molecular weight is 203 g/mol. The normalized spacial score (nSPS) is 10.2. The number of carbonyl (C=O) groups is 1. The van der Waals surface area contributed by atoms with Gasteiger partial charge in [0.1, 0.15) is 24.2 Å². The fourth-order valence-corrected chi connectivity index (χ4v) is 1.17. The second-order valence-corrected chi connectivity index (χ2v) is 2.99. The van der Waals surface area contributed by atoms with Gasteiger partial charge in [-0.1, -0.05) is 0 Å². The molecule has 0 aliphatic heterocycles. The lowest BCUT2D eigenvalue weighted by Gasteiger charge is -1.98. The number of hydrogen-bond acceptors (Lipinski definition) is 5. The first kappa shape index (κ1) is 9.45.